The van der Waals surface area contributed by atoms with Gasteiger partial charge in [0, 0.05) is 0 Å². The van der Waals surface area contributed by atoms with Crippen LogP contribution in [-0.2, 0) is 9.84 Å². The van der Waals surface area contributed by atoms with Gasteiger partial charge in [0.2, 0.25) is 15.7 Å². The van der Waals surface area contributed by atoms with Crippen LogP contribution in [0.25, 0.3) is 0 Å². The van der Waals surface area contributed by atoms with Gasteiger partial charge in [-0.1, -0.05) is 11.3 Å². The summed E-state index contributed by atoms with van der Waals surface area (Å²) in [7, 11) is -3.54. The van der Waals surface area contributed by atoms with Crippen LogP contribution in [0.1, 0.15) is 0 Å². The Morgan fingerprint density at radius 3 is 2.33 bits per heavy atom. The molecule has 0 fully saturated rings. The lowest BCUT2D eigenvalue weighted by atomic mass is 11.6. The van der Waals surface area contributed by atoms with E-state index in [-0.39, 0.29) is 4.34 Å². The van der Waals surface area contributed by atoms with Crippen molar-refractivity contribution >= 4 is 69.0 Å². The Morgan fingerprint density at radius 2 is 2.00 bits per heavy atom. The second-order valence-electron chi connectivity index (χ2n) is 1.65. The number of aromatic nitrogens is 2. The second-order valence-corrected chi connectivity index (χ2v) is 13.1. The van der Waals surface area contributed by atoms with Crippen LogP contribution in [0.2, 0.25) is 0 Å². The van der Waals surface area contributed by atoms with Crippen molar-refractivity contribution in [3.8, 4) is 0 Å². The maximum absolute atomic E-state index is 11.5. The van der Waals surface area contributed by atoms with E-state index >= 15 is 0 Å². The number of alkyl halides is 3. The van der Waals surface area contributed by atoms with Crippen molar-refractivity contribution in [2.24, 2.45) is 0 Å². The highest BCUT2D eigenvalue weighted by Crippen LogP contribution is 2.43. The Balaban J connectivity index is 3.22. The molecule has 0 saturated carbocycles. The van der Waals surface area contributed by atoms with Crippen LogP contribution in [0.4, 0.5) is 0 Å². The zero-order valence-electron chi connectivity index (χ0n) is 5.24. The first-order chi connectivity index (χ1) is 5.36. The summed E-state index contributed by atoms with van der Waals surface area (Å²) < 4.78 is 21.6. The van der Waals surface area contributed by atoms with Crippen molar-refractivity contribution in [1.82, 2.24) is 10.2 Å². The van der Waals surface area contributed by atoms with E-state index in [1.54, 1.807) is 0 Å². The van der Waals surface area contributed by atoms with Gasteiger partial charge in [0.25, 0.3) is 0 Å². The monoisotopic (exact) mass is 398 g/mol. The van der Waals surface area contributed by atoms with E-state index in [1.165, 1.54) is 5.51 Å². The van der Waals surface area contributed by atoms with Gasteiger partial charge in [0.15, 0.2) is 0 Å². The molecule has 0 bridgehead atoms. The second kappa shape index (κ2) is 3.60. The summed E-state index contributed by atoms with van der Waals surface area (Å²) in [4.78, 5) is 0. The summed E-state index contributed by atoms with van der Waals surface area (Å²) in [5.74, 6) is 0. The quantitative estimate of drug-likeness (QED) is 0.677. The molecule has 0 saturated heterocycles. The van der Waals surface area contributed by atoms with Crippen LogP contribution < -0.4 is 0 Å². The van der Waals surface area contributed by atoms with Crippen molar-refractivity contribution < 1.29 is 8.42 Å². The molecule has 0 N–H and O–H groups in total. The van der Waals surface area contributed by atoms with E-state index in [0.717, 1.165) is 11.3 Å². The van der Waals surface area contributed by atoms with Crippen molar-refractivity contribution in [2.45, 2.75) is 5.81 Å². The molecule has 4 nitrogen and oxygen atoms in total. The van der Waals surface area contributed by atoms with Crippen LogP contribution in [0, 0.1) is 0 Å². The molecule has 0 spiro atoms. The minimum absolute atomic E-state index is 0.0480. The summed E-state index contributed by atoms with van der Waals surface area (Å²) in [5, 5.41) is 6.87. The van der Waals surface area contributed by atoms with Gasteiger partial charge in [-0.15, -0.1) is 10.2 Å². The highest BCUT2D eigenvalue weighted by atomic mass is 80.0. The predicted octanol–water partition coefficient (Wildman–Crippen LogP) is 2.11. The van der Waals surface area contributed by atoms with Gasteiger partial charge in [-0.3, -0.25) is 0 Å². The fourth-order valence-electron chi connectivity index (χ4n) is 0.379. The SMILES string of the molecule is O=S(=O)(c1nncs1)C(Br)(Br)Br. The zero-order chi connectivity index (χ0) is 9.41. The molecule has 1 aromatic rings. The molecule has 0 radical (unpaired) electrons. The van der Waals surface area contributed by atoms with E-state index in [9.17, 15) is 8.42 Å². The first-order valence-electron chi connectivity index (χ1n) is 2.43. The van der Waals surface area contributed by atoms with Gasteiger partial charge in [0.1, 0.15) is 5.51 Å². The Morgan fingerprint density at radius 1 is 1.42 bits per heavy atom. The Kier molecular flexibility index (Phi) is 3.31. The predicted molar refractivity (Wildman–Crippen MR) is 56.6 cm³/mol. The highest BCUT2D eigenvalue weighted by molar-refractivity contribution is 9.42. The normalized spacial score (nSPS) is 13.2. The minimum Gasteiger partial charge on any atom is -0.218 e. The van der Waals surface area contributed by atoms with Crippen molar-refractivity contribution in [1.29, 1.82) is 0 Å². The van der Waals surface area contributed by atoms with Gasteiger partial charge in [-0.05, 0) is 47.8 Å². The third kappa shape index (κ3) is 2.06. The van der Waals surface area contributed by atoms with E-state index < -0.39 is 11.3 Å². The van der Waals surface area contributed by atoms with Gasteiger partial charge >= 0.3 is 0 Å². The van der Waals surface area contributed by atoms with Gasteiger partial charge in [0.05, 0.1) is 0 Å². The molecule has 0 aliphatic heterocycles. The lowest BCUT2D eigenvalue weighted by Crippen LogP contribution is -2.17. The number of nitrogens with zero attached hydrogens (tertiary/aromatic N) is 2. The number of rotatable bonds is 1. The fourth-order valence-corrected chi connectivity index (χ4v) is 4.37. The molecular formula is C3HBr3N2O2S2. The summed E-state index contributed by atoms with van der Waals surface area (Å²) in [5.41, 5.74) is 1.35. The average molecular weight is 401 g/mol. The Hall–Kier alpha value is 0.950. The first kappa shape index (κ1) is 11.0. The van der Waals surface area contributed by atoms with Gasteiger partial charge < -0.3 is 0 Å². The molecule has 0 unspecified atom stereocenters. The lowest BCUT2D eigenvalue weighted by molar-refractivity contribution is 0.597. The maximum Gasteiger partial charge on any atom is 0.243 e. The van der Waals surface area contributed by atoms with E-state index in [0.29, 0.717) is 0 Å². The Bertz CT molecular complexity index is 353. The molecule has 9 heteroatoms. The van der Waals surface area contributed by atoms with E-state index in [1.807, 2.05) is 0 Å². The molecule has 68 valence electrons. The van der Waals surface area contributed by atoms with Crippen LogP contribution in [-0.4, -0.2) is 20.1 Å². The summed E-state index contributed by atoms with van der Waals surface area (Å²) >= 11 is 9.67. The third-order valence-electron chi connectivity index (χ3n) is 0.875. The molecule has 0 aliphatic carbocycles. The topological polar surface area (TPSA) is 59.9 Å². The van der Waals surface area contributed by atoms with Crippen LogP contribution in [0.15, 0.2) is 9.85 Å². The van der Waals surface area contributed by atoms with E-state index in [2.05, 4.69) is 58.0 Å². The first-order valence-corrected chi connectivity index (χ1v) is 7.17. The van der Waals surface area contributed by atoms with Gasteiger partial charge in [-0.2, -0.15) is 0 Å². The summed E-state index contributed by atoms with van der Waals surface area (Å²) in [6.07, 6.45) is 0. The molecule has 1 rings (SSSR count). The molecule has 1 aromatic heterocycles. The molecule has 0 aromatic carbocycles. The minimum atomic E-state index is -3.54. The highest BCUT2D eigenvalue weighted by Gasteiger charge is 2.39. The zero-order valence-corrected chi connectivity index (χ0v) is 11.6. The summed E-state index contributed by atoms with van der Waals surface area (Å²) in [6.45, 7) is 0. The molecule has 12 heavy (non-hydrogen) atoms. The average Bonchev–Trinajstić information content (AvgIpc) is 2.34. The third-order valence-corrected chi connectivity index (χ3v) is 7.29. The molecule has 0 aliphatic rings. The molecule has 0 atom stereocenters. The van der Waals surface area contributed by atoms with Crippen molar-refractivity contribution in [3.63, 3.8) is 0 Å². The van der Waals surface area contributed by atoms with Crippen LogP contribution in [0.3, 0.4) is 0 Å². The molecule has 0 amide bonds. The maximum atomic E-state index is 11.5. The standard InChI is InChI=1S/C3HBr3N2O2S2/c4-3(5,6)12(9,10)2-8-7-1-11-2/h1H. The van der Waals surface area contributed by atoms with Crippen molar-refractivity contribution in [2.75, 3.05) is 0 Å². The largest absolute Gasteiger partial charge is 0.243 e. The van der Waals surface area contributed by atoms with Crippen LogP contribution in [0.5, 0.6) is 0 Å². The van der Waals surface area contributed by atoms with Gasteiger partial charge in [-0.25, -0.2) is 8.42 Å². The fraction of sp³-hybridized carbons (Fsp3) is 0.333. The number of halogens is 3. The summed E-state index contributed by atoms with van der Waals surface area (Å²) in [6, 6.07) is 0. The number of hydrogen-bond acceptors (Lipinski definition) is 5. The van der Waals surface area contributed by atoms with Crippen molar-refractivity contribution in [3.05, 3.63) is 5.51 Å². The molecule has 1 heterocycles. The smallest absolute Gasteiger partial charge is 0.218 e. The number of hydrogen-bond donors (Lipinski definition) is 0. The molecular weight excluding hydrogens is 400 g/mol. The van der Waals surface area contributed by atoms with E-state index in [4.69, 9.17) is 0 Å². The number of sulfone groups is 1. The van der Waals surface area contributed by atoms with Crippen LogP contribution >= 0.6 is 59.1 Å². The Labute approximate surface area is 98.1 Å². The lowest BCUT2D eigenvalue weighted by Gasteiger charge is -2.09.